The average Bonchev–Trinajstić information content (AvgIpc) is 2.92. The summed E-state index contributed by atoms with van der Waals surface area (Å²) in [7, 11) is -2.20. The van der Waals surface area contributed by atoms with Gasteiger partial charge in [0.05, 0.1) is 23.6 Å². The summed E-state index contributed by atoms with van der Waals surface area (Å²) in [5, 5.41) is 2.70. The largest absolute Gasteiger partial charge is 0.497 e. The van der Waals surface area contributed by atoms with Crippen LogP contribution in [0.2, 0.25) is 0 Å². The van der Waals surface area contributed by atoms with Crippen LogP contribution in [0.3, 0.4) is 0 Å². The number of amides is 2. The number of carbonyl (C=O) groups excluding carboxylic acids is 2. The van der Waals surface area contributed by atoms with Crippen LogP contribution in [0.15, 0.2) is 41.3 Å². The number of hydrogen-bond acceptors (Lipinski definition) is 7. The monoisotopic (exact) mass is 528 g/mol. The Kier molecular flexibility index (Phi) is 7.00. The van der Waals surface area contributed by atoms with Crippen molar-refractivity contribution in [1.82, 2.24) is 9.21 Å². The zero-order chi connectivity index (χ0) is 26.2. The van der Waals surface area contributed by atoms with Gasteiger partial charge in [0.25, 0.3) is 5.91 Å². The topological polar surface area (TPSA) is 108 Å². The number of nitrogens with one attached hydrogen (secondary N) is 1. The van der Waals surface area contributed by atoms with Crippen molar-refractivity contribution in [2.75, 3.05) is 63.2 Å². The van der Waals surface area contributed by atoms with E-state index in [0.29, 0.717) is 49.5 Å². The van der Waals surface area contributed by atoms with E-state index in [1.165, 1.54) is 10.4 Å². The first-order valence-electron chi connectivity index (χ1n) is 12.5. The molecule has 0 radical (unpaired) electrons. The van der Waals surface area contributed by atoms with Gasteiger partial charge in [-0.1, -0.05) is 0 Å². The summed E-state index contributed by atoms with van der Waals surface area (Å²) in [6.45, 7) is 4.71. The first-order valence-corrected chi connectivity index (χ1v) is 14.0. The number of carbonyl (C=O) groups is 2. The summed E-state index contributed by atoms with van der Waals surface area (Å²) in [6, 6.07) is 11.0. The second-order valence-electron chi connectivity index (χ2n) is 9.66. The van der Waals surface area contributed by atoms with Crippen LogP contribution in [-0.2, 0) is 19.6 Å². The molecule has 5 rings (SSSR count). The van der Waals surface area contributed by atoms with Gasteiger partial charge in [0, 0.05) is 51.0 Å². The number of nitrogens with zero attached hydrogens (tertiary/aromatic N) is 3. The Morgan fingerprint density at radius 1 is 1.08 bits per heavy atom. The number of rotatable bonds is 5. The molecule has 0 bridgehead atoms. The fraction of sp³-hybridized carbons (Fsp3) is 0.462. The Balaban J connectivity index is 1.24. The number of anilines is 2. The molecule has 3 aliphatic heterocycles. The third-order valence-corrected chi connectivity index (χ3v) is 9.30. The average molecular weight is 529 g/mol. The van der Waals surface area contributed by atoms with Crippen LogP contribution in [0, 0.1) is 12.8 Å². The number of hydrogen-bond donors (Lipinski definition) is 1. The van der Waals surface area contributed by atoms with Gasteiger partial charge in [-0.25, -0.2) is 8.42 Å². The summed E-state index contributed by atoms with van der Waals surface area (Å²) in [6.07, 6.45) is 1.29. The number of piperidine rings is 1. The lowest BCUT2D eigenvalue weighted by Gasteiger charge is -2.39. The summed E-state index contributed by atoms with van der Waals surface area (Å²) < 4.78 is 39.3. The Bertz CT molecular complexity index is 1290. The molecule has 37 heavy (non-hydrogen) atoms. The zero-order valence-corrected chi connectivity index (χ0v) is 21.9. The van der Waals surface area contributed by atoms with Crippen LogP contribution >= 0.6 is 0 Å². The van der Waals surface area contributed by atoms with E-state index >= 15 is 0 Å². The molecular formula is C26H32N4O6S. The third kappa shape index (κ3) is 5.10. The SMILES string of the molecule is COc1ccc(N2CCN(C(=O)[C@H]3CCCN(S(=O)(=O)c4cc5c(cc4C)NC(=O)CO5)C3)CC2)cc1. The summed E-state index contributed by atoms with van der Waals surface area (Å²) in [5.74, 6) is 0.513. The predicted octanol–water partition coefficient (Wildman–Crippen LogP) is 2.08. The fourth-order valence-corrected chi connectivity index (χ4v) is 6.98. The number of methoxy groups -OCH3 is 1. The number of ether oxygens (including phenoxy) is 2. The van der Waals surface area contributed by atoms with Crippen LogP contribution < -0.4 is 19.7 Å². The van der Waals surface area contributed by atoms with Crippen LogP contribution in [0.1, 0.15) is 18.4 Å². The zero-order valence-electron chi connectivity index (χ0n) is 21.1. The molecule has 2 fully saturated rings. The molecule has 0 aliphatic carbocycles. The third-order valence-electron chi connectivity index (χ3n) is 7.29. The number of fused-ring (bicyclic) bond motifs is 1. The van der Waals surface area contributed by atoms with E-state index in [2.05, 4.69) is 10.2 Å². The lowest BCUT2D eigenvalue weighted by molar-refractivity contribution is -0.137. The van der Waals surface area contributed by atoms with Gasteiger partial charge >= 0.3 is 0 Å². The second kappa shape index (κ2) is 10.2. The van der Waals surface area contributed by atoms with Gasteiger partial charge in [0.2, 0.25) is 15.9 Å². The van der Waals surface area contributed by atoms with Crippen molar-refractivity contribution in [3.63, 3.8) is 0 Å². The smallest absolute Gasteiger partial charge is 0.262 e. The van der Waals surface area contributed by atoms with Crippen molar-refractivity contribution in [3.8, 4) is 11.5 Å². The van der Waals surface area contributed by atoms with Gasteiger partial charge in [0.15, 0.2) is 6.61 Å². The van der Waals surface area contributed by atoms with Gasteiger partial charge in [0.1, 0.15) is 11.5 Å². The number of benzene rings is 2. The van der Waals surface area contributed by atoms with Crippen LogP contribution in [-0.4, -0.2) is 82.4 Å². The van der Waals surface area contributed by atoms with E-state index in [4.69, 9.17) is 9.47 Å². The molecule has 0 unspecified atom stereocenters. The molecule has 0 aromatic heterocycles. The van der Waals surface area contributed by atoms with E-state index < -0.39 is 10.0 Å². The van der Waals surface area contributed by atoms with Crippen molar-refractivity contribution in [2.45, 2.75) is 24.7 Å². The fourth-order valence-electron chi connectivity index (χ4n) is 5.23. The first kappa shape index (κ1) is 25.3. The highest BCUT2D eigenvalue weighted by molar-refractivity contribution is 7.89. The lowest BCUT2D eigenvalue weighted by Crippen LogP contribution is -2.53. The predicted molar refractivity (Wildman–Crippen MR) is 139 cm³/mol. The molecule has 0 saturated carbocycles. The highest BCUT2D eigenvalue weighted by Crippen LogP contribution is 2.35. The number of sulfonamides is 1. The van der Waals surface area contributed by atoms with Crippen molar-refractivity contribution < 1.29 is 27.5 Å². The number of aryl methyl sites for hydroxylation is 1. The van der Waals surface area contributed by atoms with Gasteiger partial charge in [-0.3, -0.25) is 9.59 Å². The first-order chi connectivity index (χ1) is 17.8. The van der Waals surface area contributed by atoms with E-state index in [0.717, 1.165) is 24.5 Å². The van der Waals surface area contributed by atoms with Crippen LogP contribution in [0.5, 0.6) is 11.5 Å². The van der Waals surface area contributed by atoms with E-state index in [1.807, 2.05) is 29.2 Å². The van der Waals surface area contributed by atoms with Crippen molar-refractivity contribution in [1.29, 1.82) is 0 Å². The van der Waals surface area contributed by atoms with Crippen molar-refractivity contribution in [3.05, 3.63) is 42.0 Å². The maximum atomic E-state index is 13.6. The Hall–Kier alpha value is -3.31. The van der Waals surface area contributed by atoms with Crippen LogP contribution in [0.4, 0.5) is 11.4 Å². The highest BCUT2D eigenvalue weighted by atomic mass is 32.2. The molecule has 3 heterocycles. The minimum Gasteiger partial charge on any atom is -0.497 e. The summed E-state index contributed by atoms with van der Waals surface area (Å²) in [5.41, 5.74) is 2.08. The molecule has 0 spiro atoms. The van der Waals surface area contributed by atoms with E-state index in [1.54, 1.807) is 20.1 Å². The van der Waals surface area contributed by atoms with Gasteiger partial charge in [-0.15, -0.1) is 0 Å². The summed E-state index contributed by atoms with van der Waals surface area (Å²) >= 11 is 0. The minimum atomic E-state index is -3.84. The van der Waals surface area contributed by atoms with Gasteiger partial charge in [-0.2, -0.15) is 4.31 Å². The van der Waals surface area contributed by atoms with Crippen molar-refractivity contribution >= 4 is 33.2 Å². The molecular weight excluding hydrogens is 496 g/mol. The molecule has 10 nitrogen and oxygen atoms in total. The molecule has 2 amide bonds. The quantitative estimate of drug-likeness (QED) is 0.633. The minimum absolute atomic E-state index is 0.0162. The summed E-state index contributed by atoms with van der Waals surface area (Å²) in [4.78, 5) is 29.2. The molecule has 198 valence electrons. The second-order valence-corrected chi connectivity index (χ2v) is 11.6. The molecule has 1 N–H and O–H groups in total. The lowest BCUT2D eigenvalue weighted by atomic mass is 9.97. The molecule has 2 aromatic rings. The van der Waals surface area contributed by atoms with E-state index in [9.17, 15) is 18.0 Å². The Labute approximate surface area is 217 Å². The Morgan fingerprint density at radius 3 is 2.51 bits per heavy atom. The van der Waals surface area contributed by atoms with Gasteiger partial charge in [-0.05, 0) is 55.7 Å². The van der Waals surface area contributed by atoms with Crippen molar-refractivity contribution in [2.24, 2.45) is 5.92 Å². The van der Waals surface area contributed by atoms with Crippen LogP contribution in [0.25, 0.3) is 0 Å². The molecule has 2 saturated heterocycles. The number of piperazine rings is 1. The molecule has 11 heteroatoms. The molecule has 3 aliphatic rings. The Morgan fingerprint density at radius 2 is 1.81 bits per heavy atom. The molecule has 1 atom stereocenters. The standard InChI is InChI=1S/C26H32N4O6S/c1-18-14-22-23(36-17-25(31)27-22)15-24(18)37(33,34)30-9-3-4-19(16-30)26(32)29-12-10-28(11-13-29)20-5-7-21(35-2)8-6-20/h5-8,14-15,19H,3-4,9-13,16-17H2,1-2H3,(H,27,31)/t19-/m0/s1. The van der Waals surface area contributed by atoms with Gasteiger partial charge < -0.3 is 24.6 Å². The normalized spacial score (nSPS) is 20.6. The van der Waals surface area contributed by atoms with E-state index in [-0.39, 0.29) is 35.8 Å². The highest BCUT2D eigenvalue weighted by Gasteiger charge is 2.37. The maximum Gasteiger partial charge on any atom is 0.262 e. The molecule has 2 aromatic carbocycles. The maximum absolute atomic E-state index is 13.6.